The first-order valence-electron chi connectivity index (χ1n) is 7.33. The van der Waals surface area contributed by atoms with Crippen molar-refractivity contribution in [3.05, 3.63) is 61.1 Å². The van der Waals surface area contributed by atoms with E-state index in [0.29, 0.717) is 11.6 Å². The van der Waals surface area contributed by atoms with Gasteiger partial charge in [0.05, 0.1) is 5.69 Å². The van der Waals surface area contributed by atoms with Gasteiger partial charge in [-0.2, -0.15) is 5.10 Å². The van der Waals surface area contributed by atoms with Crippen molar-refractivity contribution in [1.29, 1.82) is 0 Å². The van der Waals surface area contributed by atoms with Crippen molar-refractivity contribution in [1.82, 2.24) is 24.7 Å². The molecule has 1 aliphatic rings. The number of aromatic nitrogens is 5. The number of nitrogens with one attached hydrogen (secondary N) is 1. The van der Waals surface area contributed by atoms with Crippen LogP contribution in [0.25, 0.3) is 5.69 Å². The van der Waals surface area contributed by atoms with Gasteiger partial charge < -0.3 is 5.32 Å². The number of hydrogen-bond donors (Lipinski definition) is 1. The predicted molar refractivity (Wildman–Crippen MR) is 82.9 cm³/mol. The van der Waals surface area contributed by atoms with Gasteiger partial charge in [-0.05, 0) is 31.0 Å². The standard InChI is InChI=1S/C16H14N6O/c23-15(16(5-6-16)14-18-7-1-8-19-14)20-13-4-11-22(21-13)12-2-9-17-10-3-12/h1-4,7-11H,5-6H2,(H,20,21,23). The molecule has 0 radical (unpaired) electrons. The summed E-state index contributed by atoms with van der Waals surface area (Å²) >= 11 is 0. The molecule has 1 saturated carbocycles. The highest BCUT2D eigenvalue weighted by molar-refractivity contribution is 6.00. The lowest BCUT2D eigenvalue weighted by Gasteiger charge is -2.12. The van der Waals surface area contributed by atoms with Crippen molar-refractivity contribution in [3.63, 3.8) is 0 Å². The summed E-state index contributed by atoms with van der Waals surface area (Å²) in [5.74, 6) is 0.976. The molecular weight excluding hydrogens is 292 g/mol. The van der Waals surface area contributed by atoms with Gasteiger partial charge in [0, 0.05) is 37.1 Å². The van der Waals surface area contributed by atoms with E-state index in [1.54, 1.807) is 47.8 Å². The summed E-state index contributed by atoms with van der Waals surface area (Å²) in [4.78, 5) is 25.0. The number of rotatable bonds is 4. The maximum absolute atomic E-state index is 12.6. The molecule has 4 rings (SSSR count). The van der Waals surface area contributed by atoms with E-state index in [0.717, 1.165) is 18.5 Å². The summed E-state index contributed by atoms with van der Waals surface area (Å²) in [6.45, 7) is 0. The van der Waals surface area contributed by atoms with Gasteiger partial charge in [-0.3, -0.25) is 9.78 Å². The zero-order chi connectivity index (χ0) is 15.7. The van der Waals surface area contributed by atoms with Gasteiger partial charge in [0.2, 0.25) is 5.91 Å². The average Bonchev–Trinajstić information content (AvgIpc) is 3.30. The van der Waals surface area contributed by atoms with E-state index in [2.05, 4.69) is 25.4 Å². The van der Waals surface area contributed by atoms with Crippen molar-refractivity contribution < 1.29 is 4.79 Å². The van der Waals surface area contributed by atoms with Gasteiger partial charge >= 0.3 is 0 Å². The minimum Gasteiger partial charge on any atom is -0.308 e. The SMILES string of the molecule is O=C(Nc1ccn(-c2ccncc2)n1)C1(c2ncccn2)CC1. The lowest BCUT2D eigenvalue weighted by atomic mass is 10.1. The van der Waals surface area contributed by atoms with Crippen LogP contribution in [0.5, 0.6) is 0 Å². The van der Waals surface area contributed by atoms with Gasteiger partial charge in [0.15, 0.2) is 5.82 Å². The Morgan fingerprint density at radius 1 is 1.09 bits per heavy atom. The van der Waals surface area contributed by atoms with Gasteiger partial charge in [0.25, 0.3) is 0 Å². The highest BCUT2D eigenvalue weighted by atomic mass is 16.2. The Bertz CT molecular complexity index is 826. The molecule has 1 amide bonds. The number of anilines is 1. The molecule has 7 heteroatoms. The molecule has 0 unspecified atom stereocenters. The second-order valence-corrected chi connectivity index (χ2v) is 5.46. The van der Waals surface area contributed by atoms with Crippen molar-refractivity contribution in [2.75, 3.05) is 5.32 Å². The van der Waals surface area contributed by atoms with Crippen LogP contribution in [0.1, 0.15) is 18.7 Å². The first kappa shape index (κ1) is 13.6. The number of carbonyl (C=O) groups excluding carboxylic acids is 1. The molecule has 0 aromatic carbocycles. The van der Waals surface area contributed by atoms with Crippen molar-refractivity contribution in [2.45, 2.75) is 18.3 Å². The number of amides is 1. The van der Waals surface area contributed by atoms with E-state index in [9.17, 15) is 4.79 Å². The van der Waals surface area contributed by atoms with Crippen LogP contribution in [-0.2, 0) is 10.2 Å². The van der Waals surface area contributed by atoms with E-state index >= 15 is 0 Å². The van der Waals surface area contributed by atoms with E-state index in [4.69, 9.17) is 0 Å². The van der Waals surface area contributed by atoms with Gasteiger partial charge in [-0.1, -0.05) is 0 Å². The third-order valence-corrected chi connectivity index (χ3v) is 3.94. The Balaban J connectivity index is 1.53. The minimum absolute atomic E-state index is 0.108. The summed E-state index contributed by atoms with van der Waals surface area (Å²) in [6, 6.07) is 7.20. The molecule has 3 aromatic heterocycles. The molecule has 0 saturated heterocycles. The maximum Gasteiger partial charge on any atom is 0.239 e. The van der Waals surface area contributed by atoms with Crippen LogP contribution in [0, 0.1) is 0 Å². The summed E-state index contributed by atoms with van der Waals surface area (Å²) in [5.41, 5.74) is 0.273. The van der Waals surface area contributed by atoms with Crippen molar-refractivity contribution in [2.24, 2.45) is 0 Å². The summed E-state index contributed by atoms with van der Waals surface area (Å²) in [5, 5.41) is 7.24. The molecule has 1 fully saturated rings. The summed E-state index contributed by atoms with van der Waals surface area (Å²) in [7, 11) is 0. The lowest BCUT2D eigenvalue weighted by Crippen LogP contribution is -2.29. The predicted octanol–water partition coefficient (Wildman–Crippen LogP) is 1.73. The minimum atomic E-state index is -0.609. The quantitative estimate of drug-likeness (QED) is 0.793. The number of hydrogen-bond acceptors (Lipinski definition) is 5. The van der Waals surface area contributed by atoms with E-state index in [1.807, 2.05) is 12.1 Å². The first-order chi connectivity index (χ1) is 11.3. The molecule has 114 valence electrons. The van der Waals surface area contributed by atoms with Crippen LogP contribution in [0.2, 0.25) is 0 Å². The van der Waals surface area contributed by atoms with Crippen LogP contribution in [-0.4, -0.2) is 30.6 Å². The Labute approximate surface area is 132 Å². The Kier molecular flexibility index (Phi) is 3.11. The lowest BCUT2D eigenvalue weighted by molar-refractivity contribution is -0.118. The molecule has 23 heavy (non-hydrogen) atoms. The third-order valence-electron chi connectivity index (χ3n) is 3.94. The van der Waals surface area contributed by atoms with Gasteiger partial charge in [-0.15, -0.1) is 0 Å². The smallest absolute Gasteiger partial charge is 0.239 e. The first-order valence-corrected chi connectivity index (χ1v) is 7.33. The fraction of sp³-hybridized carbons (Fsp3) is 0.188. The Hall–Kier alpha value is -3.09. The van der Waals surface area contributed by atoms with Crippen LogP contribution < -0.4 is 5.32 Å². The second kappa shape index (κ2) is 5.28. The third kappa shape index (κ3) is 2.46. The molecule has 3 aromatic rings. The Morgan fingerprint density at radius 2 is 1.83 bits per heavy atom. The molecule has 7 nitrogen and oxygen atoms in total. The zero-order valence-electron chi connectivity index (χ0n) is 12.3. The Morgan fingerprint density at radius 3 is 2.52 bits per heavy atom. The van der Waals surface area contributed by atoms with Crippen LogP contribution >= 0.6 is 0 Å². The molecule has 0 atom stereocenters. The largest absolute Gasteiger partial charge is 0.308 e. The van der Waals surface area contributed by atoms with Gasteiger partial charge in [-0.25, -0.2) is 14.6 Å². The molecule has 0 spiro atoms. The maximum atomic E-state index is 12.6. The van der Waals surface area contributed by atoms with E-state index < -0.39 is 5.41 Å². The average molecular weight is 306 g/mol. The van der Waals surface area contributed by atoms with Crippen LogP contribution in [0.4, 0.5) is 5.82 Å². The number of carbonyl (C=O) groups is 1. The highest BCUT2D eigenvalue weighted by Crippen LogP contribution is 2.47. The molecule has 1 aliphatic carbocycles. The van der Waals surface area contributed by atoms with E-state index in [1.165, 1.54) is 0 Å². The molecule has 1 N–H and O–H groups in total. The molecule has 0 aliphatic heterocycles. The second-order valence-electron chi connectivity index (χ2n) is 5.46. The zero-order valence-corrected chi connectivity index (χ0v) is 12.3. The van der Waals surface area contributed by atoms with Crippen molar-refractivity contribution in [3.8, 4) is 5.69 Å². The van der Waals surface area contributed by atoms with Gasteiger partial charge in [0.1, 0.15) is 11.2 Å². The van der Waals surface area contributed by atoms with E-state index in [-0.39, 0.29) is 5.91 Å². The van der Waals surface area contributed by atoms with Crippen LogP contribution in [0.3, 0.4) is 0 Å². The monoisotopic (exact) mass is 306 g/mol. The summed E-state index contributed by atoms with van der Waals surface area (Å²) in [6.07, 6.45) is 10.0. The molecular formula is C16H14N6O. The van der Waals surface area contributed by atoms with Crippen molar-refractivity contribution >= 4 is 11.7 Å². The topological polar surface area (TPSA) is 85.6 Å². The van der Waals surface area contributed by atoms with Crippen LogP contribution in [0.15, 0.2) is 55.2 Å². The highest BCUT2D eigenvalue weighted by Gasteiger charge is 2.54. The normalized spacial score (nSPS) is 15.1. The molecule has 3 heterocycles. The number of pyridine rings is 1. The fourth-order valence-electron chi connectivity index (χ4n) is 2.49. The summed E-state index contributed by atoms with van der Waals surface area (Å²) < 4.78 is 1.69. The molecule has 0 bridgehead atoms. The fourth-order valence-corrected chi connectivity index (χ4v) is 2.49. The number of nitrogens with zero attached hydrogens (tertiary/aromatic N) is 5.